The third kappa shape index (κ3) is 17.6. The highest BCUT2D eigenvalue weighted by Gasteiger charge is 2.48. The van der Waals surface area contributed by atoms with E-state index in [-0.39, 0.29) is 5.54 Å². The molecule has 3 aliphatic rings. The van der Waals surface area contributed by atoms with Crippen LogP contribution in [-0.2, 0) is 4.74 Å². The van der Waals surface area contributed by atoms with Gasteiger partial charge in [-0.3, -0.25) is 14.7 Å². The predicted molar refractivity (Wildman–Crippen MR) is 202 cm³/mol. The first-order valence-electron chi connectivity index (χ1n) is 17.6. The van der Waals surface area contributed by atoms with Gasteiger partial charge in [-0.05, 0) is 78.6 Å². The SMILES string of the molecule is CC.CC.CC.CC(C)(C)C1CN1C(C)(C)C.CC(C)(C)C1COCN1C(C)(C)C.CC(C)(C)C1CSCN1C(C)(C)C. The van der Waals surface area contributed by atoms with Gasteiger partial charge >= 0.3 is 0 Å². The largest absolute Gasteiger partial charge is 0.364 e. The molecule has 3 heterocycles. The number of hydrogen-bond donors (Lipinski definition) is 0. The Morgan fingerprint density at radius 2 is 0.814 bits per heavy atom. The molecule has 0 N–H and O–H groups in total. The molecule has 3 rings (SSSR count). The Morgan fingerprint density at radius 3 is 1.02 bits per heavy atom. The monoisotopic (exact) mass is 632 g/mol. The maximum Gasteiger partial charge on any atom is 0.0998 e. The maximum atomic E-state index is 5.55. The molecule has 0 bridgehead atoms. The fraction of sp³-hybridized carbons (Fsp3) is 1.00. The first-order chi connectivity index (χ1) is 19.2. The smallest absolute Gasteiger partial charge is 0.0998 e. The first kappa shape index (κ1) is 47.6. The zero-order chi connectivity index (χ0) is 35.4. The molecule has 0 spiro atoms. The number of rotatable bonds is 0. The van der Waals surface area contributed by atoms with E-state index in [4.69, 9.17) is 4.74 Å². The minimum absolute atomic E-state index is 0.217. The van der Waals surface area contributed by atoms with E-state index in [9.17, 15) is 0 Å². The molecule has 43 heavy (non-hydrogen) atoms. The molecule has 3 aliphatic heterocycles. The van der Waals surface area contributed by atoms with E-state index >= 15 is 0 Å². The summed E-state index contributed by atoms with van der Waals surface area (Å²) in [6.45, 7) is 56.4. The summed E-state index contributed by atoms with van der Waals surface area (Å²) in [6, 6.07) is 2.09. The van der Waals surface area contributed by atoms with Gasteiger partial charge < -0.3 is 4.74 Å². The Bertz CT molecular complexity index is 596. The van der Waals surface area contributed by atoms with E-state index in [1.165, 1.54) is 18.2 Å². The Kier molecular flexibility index (Phi) is 21.2. The van der Waals surface area contributed by atoms with Gasteiger partial charge in [0.05, 0.1) is 13.3 Å². The standard InChI is InChI=1S/C11H23NO.C11H23NS.C10H21N.3C2H6/c2*1-10(2,3)9-7-13-8-12(9)11(4,5)6;1-9(2,3)8-7-11(8)10(4,5)6;3*1-2/h2*9H,7-8H2,1-6H3;8H,7H2,1-6H3;3*1-2H3. The fourth-order valence-corrected chi connectivity index (χ4v) is 7.04. The van der Waals surface area contributed by atoms with Crippen molar-refractivity contribution in [2.24, 2.45) is 16.2 Å². The Labute approximate surface area is 279 Å². The Morgan fingerprint density at radius 1 is 0.465 bits per heavy atom. The minimum atomic E-state index is 0.217. The molecule has 0 aliphatic carbocycles. The molecule has 264 valence electrons. The third-order valence-electron chi connectivity index (χ3n) is 7.96. The van der Waals surface area contributed by atoms with Gasteiger partial charge in [0.2, 0.25) is 0 Å². The topological polar surface area (TPSA) is 18.7 Å². The summed E-state index contributed by atoms with van der Waals surface area (Å²) in [6.07, 6.45) is 0. The predicted octanol–water partition coefficient (Wildman–Crippen LogP) is 11.3. The van der Waals surface area contributed by atoms with Gasteiger partial charge in [0.1, 0.15) is 0 Å². The van der Waals surface area contributed by atoms with Crippen LogP contribution >= 0.6 is 11.8 Å². The summed E-state index contributed by atoms with van der Waals surface area (Å²) >= 11 is 2.07. The number of nitrogens with zero attached hydrogens (tertiary/aromatic N) is 3. The number of ether oxygens (including phenoxy) is 1. The van der Waals surface area contributed by atoms with Gasteiger partial charge in [-0.15, -0.1) is 11.8 Å². The molecule has 5 heteroatoms. The van der Waals surface area contributed by atoms with E-state index in [0.717, 1.165) is 25.4 Å². The van der Waals surface area contributed by atoms with Crippen molar-refractivity contribution in [1.82, 2.24) is 14.7 Å². The van der Waals surface area contributed by atoms with Crippen LogP contribution in [0.3, 0.4) is 0 Å². The van der Waals surface area contributed by atoms with Crippen LogP contribution < -0.4 is 0 Å². The lowest BCUT2D eigenvalue weighted by molar-refractivity contribution is 0.0437. The second-order valence-corrected chi connectivity index (χ2v) is 18.7. The van der Waals surface area contributed by atoms with Crippen LogP contribution in [0.2, 0.25) is 0 Å². The molecule has 0 aromatic heterocycles. The molecular formula is C38H85N3OS. The summed E-state index contributed by atoms with van der Waals surface area (Å²) in [5.74, 6) is 2.49. The average molecular weight is 632 g/mol. The average Bonchev–Trinajstić information content (AvgIpc) is 3.27. The molecular weight excluding hydrogens is 547 g/mol. The van der Waals surface area contributed by atoms with Crippen LogP contribution in [0.4, 0.5) is 0 Å². The normalized spacial score (nSPS) is 24.8. The third-order valence-corrected chi connectivity index (χ3v) is 8.97. The molecule has 4 unspecified atom stereocenters. The van der Waals surface area contributed by atoms with Gasteiger partial charge in [-0.1, -0.05) is 104 Å². The Hall–Kier alpha value is 0.190. The first-order valence-corrected chi connectivity index (χ1v) is 18.8. The summed E-state index contributed by atoms with van der Waals surface area (Å²) in [4.78, 5) is 7.65. The van der Waals surface area contributed by atoms with Crippen molar-refractivity contribution in [3.63, 3.8) is 0 Å². The highest BCUT2D eigenvalue weighted by molar-refractivity contribution is 7.99. The molecule has 0 aromatic carbocycles. The zero-order valence-electron chi connectivity index (χ0n) is 34.4. The molecule has 3 fully saturated rings. The van der Waals surface area contributed by atoms with E-state index in [2.05, 4.69) is 151 Å². The van der Waals surface area contributed by atoms with Crippen LogP contribution in [0, 0.1) is 16.2 Å². The van der Waals surface area contributed by atoms with Crippen molar-refractivity contribution in [3.8, 4) is 0 Å². The van der Waals surface area contributed by atoms with Crippen LogP contribution in [0.25, 0.3) is 0 Å². The molecule has 4 nitrogen and oxygen atoms in total. The molecule has 0 amide bonds. The summed E-state index contributed by atoms with van der Waals surface area (Å²) < 4.78 is 5.55. The van der Waals surface area contributed by atoms with E-state index in [1.54, 1.807) is 0 Å². The Balaban J connectivity index is -0.000000513. The summed E-state index contributed by atoms with van der Waals surface area (Å²) in [5.41, 5.74) is 2.10. The van der Waals surface area contributed by atoms with Gasteiger partial charge in [-0.2, -0.15) is 0 Å². The van der Waals surface area contributed by atoms with Crippen molar-refractivity contribution in [2.75, 3.05) is 31.5 Å². The van der Waals surface area contributed by atoms with Gasteiger partial charge in [0, 0.05) is 52.9 Å². The van der Waals surface area contributed by atoms with Gasteiger partial charge in [-0.25, -0.2) is 0 Å². The molecule has 0 saturated carbocycles. The lowest BCUT2D eigenvalue weighted by Gasteiger charge is -2.42. The fourth-order valence-electron chi connectivity index (χ4n) is 5.26. The van der Waals surface area contributed by atoms with Gasteiger partial charge in [0.15, 0.2) is 0 Å². The van der Waals surface area contributed by atoms with Crippen LogP contribution in [-0.4, -0.2) is 81.0 Å². The second-order valence-electron chi connectivity index (χ2n) is 17.7. The van der Waals surface area contributed by atoms with Crippen molar-refractivity contribution < 1.29 is 4.74 Å². The van der Waals surface area contributed by atoms with Crippen LogP contribution in [0.15, 0.2) is 0 Å². The quantitative estimate of drug-likeness (QED) is 0.247. The van der Waals surface area contributed by atoms with Gasteiger partial charge in [0.25, 0.3) is 0 Å². The highest BCUT2D eigenvalue weighted by atomic mass is 32.2. The van der Waals surface area contributed by atoms with Crippen LogP contribution in [0.5, 0.6) is 0 Å². The van der Waals surface area contributed by atoms with Crippen molar-refractivity contribution in [3.05, 3.63) is 0 Å². The van der Waals surface area contributed by atoms with Crippen molar-refractivity contribution in [2.45, 2.75) is 201 Å². The zero-order valence-corrected chi connectivity index (χ0v) is 35.2. The second kappa shape index (κ2) is 19.1. The van der Waals surface area contributed by atoms with E-state index < -0.39 is 0 Å². The van der Waals surface area contributed by atoms with E-state index in [0.29, 0.717) is 33.4 Å². The number of hydrogen-bond acceptors (Lipinski definition) is 5. The lowest BCUT2D eigenvalue weighted by Crippen LogP contribution is -2.50. The molecule has 0 radical (unpaired) electrons. The minimum Gasteiger partial charge on any atom is -0.364 e. The lowest BCUT2D eigenvalue weighted by atomic mass is 9.85. The highest BCUT2D eigenvalue weighted by Crippen LogP contribution is 2.40. The summed E-state index contributed by atoms with van der Waals surface area (Å²) in [5, 5.41) is 0. The summed E-state index contributed by atoms with van der Waals surface area (Å²) in [7, 11) is 0. The molecule has 4 atom stereocenters. The van der Waals surface area contributed by atoms with Crippen molar-refractivity contribution in [1.29, 1.82) is 0 Å². The van der Waals surface area contributed by atoms with Crippen LogP contribution in [0.1, 0.15) is 166 Å². The van der Waals surface area contributed by atoms with E-state index in [1.807, 2.05) is 41.5 Å². The maximum absolute atomic E-state index is 5.55. The number of thioether (sulfide) groups is 1. The van der Waals surface area contributed by atoms with Crippen molar-refractivity contribution >= 4 is 11.8 Å². The molecule has 3 saturated heterocycles. The molecule has 0 aromatic rings.